The van der Waals surface area contributed by atoms with Gasteiger partial charge in [-0.05, 0) is 36.2 Å². The van der Waals surface area contributed by atoms with E-state index in [1.54, 1.807) is 0 Å². The van der Waals surface area contributed by atoms with Crippen molar-refractivity contribution in [3.05, 3.63) is 5.82 Å². The first kappa shape index (κ1) is 12.4. The molecule has 1 aliphatic rings. The second-order valence-electron chi connectivity index (χ2n) is 4.62. The molecule has 17 heavy (non-hydrogen) atoms. The summed E-state index contributed by atoms with van der Waals surface area (Å²) in [4.78, 5) is 2.22. The number of nitrogens with zero attached hydrogens (tertiary/aromatic N) is 5. The zero-order chi connectivity index (χ0) is 12.1. The molecule has 0 aliphatic heterocycles. The number of tetrazole rings is 1. The molecule has 1 aromatic heterocycles. The molecule has 0 bridgehead atoms. The summed E-state index contributed by atoms with van der Waals surface area (Å²) in [6.45, 7) is 4.79. The Kier molecular flexibility index (Phi) is 4.44. The maximum absolute atomic E-state index is 9.06. The van der Waals surface area contributed by atoms with Gasteiger partial charge in [-0.3, -0.25) is 4.90 Å². The number of unbranched alkanes of at least 4 members (excludes halogenated alkanes) is 1. The molecular weight excluding hydrogens is 218 g/mol. The normalized spacial score (nSPS) is 15.7. The summed E-state index contributed by atoms with van der Waals surface area (Å²) >= 11 is 0. The number of aliphatic hydroxyl groups excluding tert-OH is 1. The van der Waals surface area contributed by atoms with Crippen LogP contribution in [-0.2, 0) is 6.54 Å². The van der Waals surface area contributed by atoms with Crippen LogP contribution in [0, 0.1) is 0 Å². The topological polar surface area (TPSA) is 67.1 Å². The Morgan fingerprint density at radius 3 is 2.88 bits per heavy atom. The third-order valence-corrected chi connectivity index (χ3v) is 3.06. The summed E-state index contributed by atoms with van der Waals surface area (Å²) < 4.78 is 1.94. The second kappa shape index (κ2) is 6.07. The first-order chi connectivity index (χ1) is 8.35. The minimum Gasteiger partial charge on any atom is -0.395 e. The molecule has 0 unspecified atom stereocenters. The van der Waals surface area contributed by atoms with Crippen LogP contribution in [0.25, 0.3) is 0 Å². The van der Waals surface area contributed by atoms with Crippen LogP contribution in [0.1, 0.15) is 44.5 Å². The predicted molar refractivity (Wildman–Crippen MR) is 63.4 cm³/mol. The van der Waals surface area contributed by atoms with Crippen molar-refractivity contribution in [1.82, 2.24) is 25.1 Å². The lowest BCUT2D eigenvalue weighted by Gasteiger charge is -2.20. The van der Waals surface area contributed by atoms with Crippen molar-refractivity contribution < 1.29 is 5.11 Å². The van der Waals surface area contributed by atoms with Crippen molar-refractivity contribution in [2.45, 2.75) is 45.2 Å². The van der Waals surface area contributed by atoms with E-state index in [0.29, 0.717) is 12.6 Å². The van der Waals surface area contributed by atoms with Crippen LogP contribution in [0.5, 0.6) is 0 Å². The lowest BCUT2D eigenvalue weighted by atomic mass is 10.3. The van der Waals surface area contributed by atoms with Crippen LogP contribution in [-0.4, -0.2) is 49.9 Å². The highest BCUT2D eigenvalue weighted by molar-refractivity contribution is 4.90. The minimum absolute atomic E-state index is 0.189. The molecule has 0 saturated heterocycles. The first-order valence-electron chi connectivity index (χ1n) is 6.45. The van der Waals surface area contributed by atoms with E-state index in [4.69, 9.17) is 5.11 Å². The van der Waals surface area contributed by atoms with Crippen LogP contribution < -0.4 is 0 Å². The van der Waals surface area contributed by atoms with Gasteiger partial charge >= 0.3 is 0 Å². The van der Waals surface area contributed by atoms with E-state index in [1.807, 2.05) is 4.68 Å². The summed E-state index contributed by atoms with van der Waals surface area (Å²) in [7, 11) is 0. The lowest BCUT2D eigenvalue weighted by molar-refractivity contribution is 0.183. The Hall–Kier alpha value is -1.01. The molecule has 1 saturated carbocycles. The summed E-state index contributed by atoms with van der Waals surface area (Å²) in [6.07, 6.45) is 4.68. The van der Waals surface area contributed by atoms with E-state index in [1.165, 1.54) is 12.8 Å². The van der Waals surface area contributed by atoms with Gasteiger partial charge in [0.2, 0.25) is 0 Å². The van der Waals surface area contributed by atoms with Crippen LogP contribution in [0.15, 0.2) is 0 Å². The van der Waals surface area contributed by atoms with Crippen molar-refractivity contribution in [3.8, 4) is 0 Å². The summed E-state index contributed by atoms with van der Waals surface area (Å²) in [6, 6.07) is 0.516. The van der Waals surface area contributed by atoms with Crippen molar-refractivity contribution in [1.29, 1.82) is 0 Å². The largest absolute Gasteiger partial charge is 0.395 e. The van der Waals surface area contributed by atoms with Crippen LogP contribution in [0.3, 0.4) is 0 Å². The highest BCUT2D eigenvalue weighted by Crippen LogP contribution is 2.34. The summed E-state index contributed by atoms with van der Waals surface area (Å²) in [5.41, 5.74) is 0. The minimum atomic E-state index is 0.189. The maximum atomic E-state index is 9.06. The highest BCUT2D eigenvalue weighted by atomic mass is 16.3. The molecular formula is C11H21N5O. The van der Waals surface area contributed by atoms with Crippen LogP contribution >= 0.6 is 0 Å². The van der Waals surface area contributed by atoms with E-state index in [2.05, 4.69) is 27.3 Å². The van der Waals surface area contributed by atoms with Gasteiger partial charge in [0.15, 0.2) is 5.82 Å². The van der Waals surface area contributed by atoms with Crippen LogP contribution in [0.2, 0.25) is 0 Å². The second-order valence-corrected chi connectivity index (χ2v) is 4.62. The van der Waals surface area contributed by atoms with Crippen molar-refractivity contribution in [2.24, 2.45) is 0 Å². The Labute approximate surface area is 102 Å². The Bertz CT molecular complexity index is 336. The van der Waals surface area contributed by atoms with E-state index < -0.39 is 0 Å². The average molecular weight is 239 g/mol. The molecule has 1 aliphatic carbocycles. The van der Waals surface area contributed by atoms with E-state index >= 15 is 0 Å². The number of rotatable bonds is 8. The average Bonchev–Trinajstić information content (AvgIpc) is 3.07. The predicted octanol–water partition coefficient (Wildman–Crippen LogP) is 0.602. The fourth-order valence-electron chi connectivity index (χ4n) is 1.91. The zero-order valence-electron chi connectivity index (χ0n) is 10.4. The molecule has 1 N–H and O–H groups in total. The van der Waals surface area contributed by atoms with Gasteiger partial charge in [0, 0.05) is 6.54 Å². The smallest absolute Gasteiger partial charge is 0.165 e. The zero-order valence-corrected chi connectivity index (χ0v) is 10.4. The van der Waals surface area contributed by atoms with Gasteiger partial charge in [0.05, 0.1) is 19.2 Å². The van der Waals surface area contributed by atoms with Gasteiger partial charge in [-0.2, -0.15) is 0 Å². The fourth-order valence-corrected chi connectivity index (χ4v) is 1.91. The number of hydrogen-bond donors (Lipinski definition) is 1. The van der Waals surface area contributed by atoms with Crippen molar-refractivity contribution in [2.75, 3.05) is 19.7 Å². The van der Waals surface area contributed by atoms with Gasteiger partial charge in [0.1, 0.15) is 0 Å². The molecule has 2 rings (SSSR count). The Morgan fingerprint density at radius 2 is 2.24 bits per heavy atom. The van der Waals surface area contributed by atoms with E-state index in [0.717, 1.165) is 31.8 Å². The Morgan fingerprint density at radius 1 is 1.41 bits per heavy atom. The van der Waals surface area contributed by atoms with Crippen molar-refractivity contribution in [3.63, 3.8) is 0 Å². The Balaban J connectivity index is 1.92. The fraction of sp³-hybridized carbons (Fsp3) is 0.909. The molecule has 0 radical (unpaired) electrons. The monoisotopic (exact) mass is 239 g/mol. The van der Waals surface area contributed by atoms with Gasteiger partial charge in [-0.15, -0.1) is 5.10 Å². The molecule has 1 heterocycles. The molecule has 1 fully saturated rings. The quantitative estimate of drug-likeness (QED) is 0.719. The van der Waals surface area contributed by atoms with Crippen LogP contribution in [0.4, 0.5) is 0 Å². The number of aliphatic hydroxyl groups is 1. The van der Waals surface area contributed by atoms with Gasteiger partial charge < -0.3 is 5.11 Å². The molecule has 0 aromatic carbocycles. The maximum Gasteiger partial charge on any atom is 0.165 e. The highest BCUT2D eigenvalue weighted by Gasteiger charge is 2.28. The first-order valence-corrected chi connectivity index (χ1v) is 6.45. The molecule has 96 valence electrons. The van der Waals surface area contributed by atoms with E-state index in [-0.39, 0.29) is 6.61 Å². The molecule has 6 nitrogen and oxygen atoms in total. The van der Waals surface area contributed by atoms with Gasteiger partial charge in [-0.1, -0.05) is 13.3 Å². The third-order valence-electron chi connectivity index (χ3n) is 3.06. The number of aromatic nitrogens is 4. The molecule has 0 amide bonds. The summed E-state index contributed by atoms with van der Waals surface area (Å²) in [5, 5.41) is 20.9. The SMILES string of the molecule is CCCCN(CCO)Cc1nnnn1C1CC1. The molecule has 1 aromatic rings. The third kappa shape index (κ3) is 3.47. The standard InChI is InChI=1S/C11H21N5O/c1-2-3-6-15(7-8-17)9-11-12-13-14-16(11)10-4-5-10/h10,17H,2-9H2,1H3. The summed E-state index contributed by atoms with van der Waals surface area (Å²) in [5.74, 6) is 0.928. The molecule has 6 heteroatoms. The lowest BCUT2D eigenvalue weighted by Crippen LogP contribution is -2.29. The van der Waals surface area contributed by atoms with Gasteiger partial charge in [0.25, 0.3) is 0 Å². The van der Waals surface area contributed by atoms with Gasteiger partial charge in [-0.25, -0.2) is 4.68 Å². The molecule has 0 spiro atoms. The van der Waals surface area contributed by atoms with E-state index in [9.17, 15) is 0 Å². The number of hydrogen-bond acceptors (Lipinski definition) is 5. The van der Waals surface area contributed by atoms with Crippen molar-refractivity contribution >= 4 is 0 Å². The molecule has 0 atom stereocenters.